The van der Waals surface area contributed by atoms with Crippen molar-refractivity contribution in [2.75, 3.05) is 0 Å². The van der Waals surface area contributed by atoms with E-state index in [4.69, 9.17) is 19.9 Å². The quantitative estimate of drug-likeness (QED) is 0.261. The van der Waals surface area contributed by atoms with Gasteiger partial charge < -0.3 is 25.1 Å². The molecule has 0 saturated heterocycles. The SMILES string of the molecule is CCC(C)(C)C(=O)Oc1ccc(C(C(C)C(C)OC(=O)C(C)C)[C@H](N)C(=O)O)cc1OC(=O)C(C)(C)CC. The van der Waals surface area contributed by atoms with Gasteiger partial charge in [-0.25, -0.2) is 0 Å². The lowest BCUT2D eigenvalue weighted by atomic mass is 9.79. The van der Waals surface area contributed by atoms with Crippen molar-refractivity contribution in [2.45, 2.75) is 100 Å². The van der Waals surface area contributed by atoms with Crippen LogP contribution < -0.4 is 15.2 Å². The van der Waals surface area contributed by atoms with Gasteiger partial charge in [0.15, 0.2) is 11.5 Å². The van der Waals surface area contributed by atoms with Crippen LogP contribution in [0.4, 0.5) is 0 Å². The van der Waals surface area contributed by atoms with E-state index in [1.807, 2.05) is 13.8 Å². The number of carbonyl (C=O) groups is 4. The number of aliphatic carboxylic acids is 1. The summed E-state index contributed by atoms with van der Waals surface area (Å²) in [6.45, 7) is 17.5. The molecule has 0 amide bonds. The highest BCUT2D eigenvalue weighted by Gasteiger charge is 2.37. The molecule has 1 aromatic rings. The van der Waals surface area contributed by atoms with E-state index in [0.717, 1.165) is 0 Å². The number of esters is 3. The van der Waals surface area contributed by atoms with Gasteiger partial charge in [0.2, 0.25) is 0 Å². The molecule has 9 nitrogen and oxygen atoms in total. The first-order chi connectivity index (χ1) is 17.4. The second-order valence-corrected chi connectivity index (χ2v) is 11.5. The normalized spacial score (nSPS) is 15.3. The maximum absolute atomic E-state index is 13.0. The number of ether oxygens (including phenoxy) is 3. The van der Waals surface area contributed by atoms with Crippen LogP contribution in [0.3, 0.4) is 0 Å². The van der Waals surface area contributed by atoms with Gasteiger partial charge in [-0.2, -0.15) is 0 Å². The fourth-order valence-corrected chi connectivity index (χ4v) is 3.37. The van der Waals surface area contributed by atoms with Crippen molar-refractivity contribution < 1.29 is 38.5 Å². The summed E-state index contributed by atoms with van der Waals surface area (Å²) in [7, 11) is 0. The summed E-state index contributed by atoms with van der Waals surface area (Å²) in [5.74, 6) is -4.37. The average molecular weight is 536 g/mol. The van der Waals surface area contributed by atoms with E-state index in [0.29, 0.717) is 18.4 Å². The summed E-state index contributed by atoms with van der Waals surface area (Å²) in [4.78, 5) is 50.0. The summed E-state index contributed by atoms with van der Waals surface area (Å²) in [5, 5.41) is 9.77. The van der Waals surface area contributed by atoms with Crippen LogP contribution in [0.2, 0.25) is 0 Å². The Labute approximate surface area is 226 Å². The van der Waals surface area contributed by atoms with Crippen LogP contribution in [0.25, 0.3) is 0 Å². The Morgan fingerprint density at radius 3 is 1.76 bits per heavy atom. The largest absolute Gasteiger partial charge is 0.480 e. The number of rotatable bonds is 13. The second kappa shape index (κ2) is 13.2. The molecule has 0 aliphatic carbocycles. The van der Waals surface area contributed by atoms with Crippen LogP contribution >= 0.6 is 0 Å². The van der Waals surface area contributed by atoms with Crippen molar-refractivity contribution in [3.63, 3.8) is 0 Å². The fraction of sp³-hybridized carbons (Fsp3) is 0.655. The molecule has 3 N–H and O–H groups in total. The highest BCUT2D eigenvalue weighted by Crippen LogP contribution is 2.39. The molecule has 3 unspecified atom stereocenters. The van der Waals surface area contributed by atoms with Crippen molar-refractivity contribution in [1.29, 1.82) is 0 Å². The van der Waals surface area contributed by atoms with Crippen LogP contribution in [-0.2, 0) is 23.9 Å². The molecule has 0 saturated carbocycles. The zero-order chi connectivity index (χ0) is 29.6. The van der Waals surface area contributed by atoms with Gasteiger partial charge >= 0.3 is 23.9 Å². The monoisotopic (exact) mass is 535 g/mol. The van der Waals surface area contributed by atoms with E-state index >= 15 is 0 Å². The molecule has 38 heavy (non-hydrogen) atoms. The number of carboxylic acid groups (broad SMARTS) is 1. The Kier molecular flexibility index (Phi) is 11.5. The van der Waals surface area contributed by atoms with Crippen molar-refractivity contribution in [3.05, 3.63) is 23.8 Å². The third kappa shape index (κ3) is 8.28. The molecule has 0 bridgehead atoms. The minimum atomic E-state index is -1.35. The molecule has 1 rings (SSSR count). The standard InChI is InChI=1S/C29H45NO8/c1-11-28(7,8)26(34)37-20-14-13-19(15-21(20)38-27(35)29(9,10)12-2)22(23(30)24(31)32)17(5)18(6)36-25(33)16(3)4/h13-18,22-23H,11-12,30H2,1-10H3,(H,31,32)/t17?,18?,22?,23-/m0/s1. The second-order valence-electron chi connectivity index (χ2n) is 11.5. The highest BCUT2D eigenvalue weighted by atomic mass is 16.6. The molecular weight excluding hydrogens is 490 g/mol. The van der Waals surface area contributed by atoms with Gasteiger partial charge in [-0.05, 0) is 65.2 Å². The summed E-state index contributed by atoms with van der Waals surface area (Å²) < 4.78 is 16.9. The number of carbonyl (C=O) groups excluding carboxylic acids is 3. The first-order valence-electron chi connectivity index (χ1n) is 13.2. The van der Waals surface area contributed by atoms with Gasteiger partial charge in [-0.1, -0.05) is 40.7 Å². The molecular formula is C29H45NO8. The van der Waals surface area contributed by atoms with E-state index < -0.39 is 58.7 Å². The number of carboxylic acids is 1. The first kappa shape index (κ1) is 33.1. The maximum Gasteiger partial charge on any atom is 0.321 e. The summed E-state index contributed by atoms with van der Waals surface area (Å²) >= 11 is 0. The molecule has 0 fully saturated rings. The van der Waals surface area contributed by atoms with Crippen molar-refractivity contribution in [1.82, 2.24) is 0 Å². The molecule has 9 heteroatoms. The zero-order valence-electron chi connectivity index (χ0n) is 24.4. The predicted octanol–water partition coefficient (Wildman–Crippen LogP) is 5.09. The van der Waals surface area contributed by atoms with Crippen molar-refractivity contribution in [3.8, 4) is 11.5 Å². The molecule has 0 aromatic heterocycles. The van der Waals surface area contributed by atoms with Crippen LogP contribution in [0.5, 0.6) is 11.5 Å². The lowest BCUT2D eigenvalue weighted by Crippen LogP contribution is -2.43. The lowest BCUT2D eigenvalue weighted by Gasteiger charge is -2.32. The minimum Gasteiger partial charge on any atom is -0.480 e. The third-order valence-corrected chi connectivity index (χ3v) is 7.38. The van der Waals surface area contributed by atoms with Gasteiger partial charge in [0.1, 0.15) is 12.1 Å². The number of nitrogens with two attached hydrogens (primary N) is 1. The Morgan fingerprint density at radius 1 is 0.868 bits per heavy atom. The van der Waals surface area contributed by atoms with Gasteiger partial charge in [0, 0.05) is 11.8 Å². The van der Waals surface area contributed by atoms with Crippen LogP contribution in [0.15, 0.2) is 18.2 Å². The van der Waals surface area contributed by atoms with Gasteiger partial charge in [0.05, 0.1) is 16.7 Å². The molecule has 0 spiro atoms. The fourth-order valence-electron chi connectivity index (χ4n) is 3.37. The summed E-state index contributed by atoms with van der Waals surface area (Å²) in [6.07, 6.45) is 0.376. The molecule has 0 aliphatic heterocycles. The van der Waals surface area contributed by atoms with Gasteiger partial charge in [-0.15, -0.1) is 0 Å². The zero-order valence-corrected chi connectivity index (χ0v) is 24.4. The third-order valence-electron chi connectivity index (χ3n) is 7.38. The van der Waals surface area contributed by atoms with Crippen molar-refractivity contribution >= 4 is 23.9 Å². The van der Waals surface area contributed by atoms with Crippen molar-refractivity contribution in [2.24, 2.45) is 28.4 Å². The Bertz CT molecular complexity index is 1010. The Hall–Kier alpha value is -2.94. The molecule has 4 atom stereocenters. The highest BCUT2D eigenvalue weighted by molar-refractivity contribution is 5.82. The number of hydrogen-bond donors (Lipinski definition) is 2. The van der Waals surface area contributed by atoms with E-state index in [-0.39, 0.29) is 17.4 Å². The number of benzene rings is 1. The minimum absolute atomic E-state index is 0.0177. The Balaban J connectivity index is 3.63. The average Bonchev–Trinajstić information content (AvgIpc) is 2.84. The van der Waals surface area contributed by atoms with E-state index in [1.54, 1.807) is 61.5 Å². The molecule has 0 aliphatic rings. The van der Waals surface area contributed by atoms with E-state index in [2.05, 4.69) is 0 Å². The smallest absolute Gasteiger partial charge is 0.321 e. The predicted molar refractivity (Wildman–Crippen MR) is 144 cm³/mol. The van der Waals surface area contributed by atoms with Gasteiger partial charge in [-0.3, -0.25) is 19.2 Å². The lowest BCUT2D eigenvalue weighted by molar-refractivity contribution is -0.155. The number of hydrogen-bond acceptors (Lipinski definition) is 8. The van der Waals surface area contributed by atoms with Crippen LogP contribution in [0, 0.1) is 22.7 Å². The summed E-state index contributed by atoms with van der Waals surface area (Å²) in [5.41, 5.74) is 4.97. The van der Waals surface area contributed by atoms with Crippen LogP contribution in [0.1, 0.15) is 93.6 Å². The molecule has 214 valence electrons. The van der Waals surface area contributed by atoms with E-state index in [1.165, 1.54) is 12.1 Å². The molecule has 0 radical (unpaired) electrons. The van der Waals surface area contributed by atoms with Crippen LogP contribution in [-0.4, -0.2) is 41.1 Å². The van der Waals surface area contributed by atoms with Gasteiger partial charge in [0.25, 0.3) is 0 Å². The summed E-state index contributed by atoms with van der Waals surface area (Å²) in [6, 6.07) is 3.18. The molecule has 0 heterocycles. The molecule has 1 aromatic carbocycles. The van der Waals surface area contributed by atoms with E-state index in [9.17, 15) is 24.3 Å². The maximum atomic E-state index is 13.0. The Morgan fingerprint density at radius 2 is 1.34 bits per heavy atom. The first-order valence-corrected chi connectivity index (χ1v) is 13.2. The topological polar surface area (TPSA) is 142 Å².